The van der Waals surface area contributed by atoms with Crippen molar-refractivity contribution in [2.45, 2.75) is 23.7 Å². The predicted molar refractivity (Wildman–Crippen MR) is 115 cm³/mol. The van der Waals surface area contributed by atoms with Crippen LogP contribution in [-0.2, 0) is 21.2 Å². The summed E-state index contributed by atoms with van der Waals surface area (Å²) in [7, 11) is -3.65. The molecule has 0 bridgehead atoms. The molecule has 1 aliphatic heterocycles. The third kappa shape index (κ3) is 3.86. The lowest BCUT2D eigenvalue weighted by Gasteiger charge is -2.16. The van der Waals surface area contributed by atoms with Gasteiger partial charge < -0.3 is 10.1 Å². The van der Waals surface area contributed by atoms with Gasteiger partial charge in [0.1, 0.15) is 10.3 Å². The van der Waals surface area contributed by atoms with Gasteiger partial charge in [-0.3, -0.25) is 4.72 Å². The number of hydrogen-bond donors (Lipinski definition) is 2. The highest BCUT2D eigenvalue weighted by Crippen LogP contribution is 2.37. The van der Waals surface area contributed by atoms with Crippen LogP contribution in [0.3, 0.4) is 0 Å². The number of fused-ring (bicyclic) bond motifs is 1. The quantitative estimate of drug-likeness (QED) is 0.567. The first-order valence-electron chi connectivity index (χ1n) is 8.16. The molecule has 0 saturated carbocycles. The van der Waals surface area contributed by atoms with Gasteiger partial charge >= 0.3 is 0 Å². The molecule has 9 heteroatoms. The lowest BCUT2D eigenvalue weighted by molar-refractivity contribution is 0.217. The molecule has 2 aromatic heterocycles. The van der Waals surface area contributed by atoms with Crippen molar-refractivity contribution in [2.75, 3.05) is 10.0 Å². The first kappa shape index (κ1) is 18.4. The molecule has 27 heavy (non-hydrogen) atoms. The second-order valence-electron chi connectivity index (χ2n) is 6.15. The van der Waals surface area contributed by atoms with Crippen molar-refractivity contribution in [2.24, 2.45) is 0 Å². The van der Waals surface area contributed by atoms with Crippen molar-refractivity contribution < 1.29 is 13.2 Å². The SMILES string of the molecule is CC1Cc2cc(NS(=O)(=O)c3cccs3)c(-c3ccsc3)cc2NC(=S)O1. The van der Waals surface area contributed by atoms with Crippen molar-refractivity contribution >= 4 is 61.5 Å². The third-order valence-electron chi connectivity index (χ3n) is 4.13. The van der Waals surface area contributed by atoms with Crippen LogP contribution in [0.4, 0.5) is 11.4 Å². The summed E-state index contributed by atoms with van der Waals surface area (Å²) in [6.07, 6.45) is 0.528. The molecule has 0 spiro atoms. The maximum absolute atomic E-state index is 12.8. The van der Waals surface area contributed by atoms with E-state index in [0.29, 0.717) is 17.3 Å². The zero-order chi connectivity index (χ0) is 19.0. The van der Waals surface area contributed by atoms with Gasteiger partial charge in [0.25, 0.3) is 15.2 Å². The van der Waals surface area contributed by atoms with Crippen LogP contribution in [0.2, 0.25) is 0 Å². The van der Waals surface area contributed by atoms with E-state index in [2.05, 4.69) is 10.0 Å². The zero-order valence-electron chi connectivity index (χ0n) is 14.3. The number of hydrogen-bond acceptors (Lipinski definition) is 6. The molecule has 0 radical (unpaired) electrons. The summed E-state index contributed by atoms with van der Waals surface area (Å²) in [5.74, 6) is 0. The van der Waals surface area contributed by atoms with E-state index in [1.807, 2.05) is 35.9 Å². The molecule has 3 aromatic rings. The van der Waals surface area contributed by atoms with Gasteiger partial charge in [-0.25, -0.2) is 8.42 Å². The zero-order valence-corrected chi connectivity index (χ0v) is 17.5. The fraction of sp³-hybridized carbons (Fsp3) is 0.167. The molecule has 2 N–H and O–H groups in total. The van der Waals surface area contributed by atoms with Crippen LogP contribution in [-0.4, -0.2) is 19.7 Å². The van der Waals surface area contributed by atoms with E-state index in [4.69, 9.17) is 17.0 Å². The van der Waals surface area contributed by atoms with E-state index in [9.17, 15) is 8.42 Å². The number of thiophene rings is 2. The molecule has 0 amide bonds. The van der Waals surface area contributed by atoms with Gasteiger partial charge in [-0.05, 0) is 70.7 Å². The normalized spacial score (nSPS) is 16.8. The average Bonchev–Trinajstić information content (AvgIpc) is 3.27. The van der Waals surface area contributed by atoms with Crippen molar-refractivity contribution in [3.63, 3.8) is 0 Å². The molecule has 140 valence electrons. The minimum Gasteiger partial charge on any atom is -0.467 e. The van der Waals surface area contributed by atoms with E-state index >= 15 is 0 Å². The van der Waals surface area contributed by atoms with Gasteiger partial charge in [-0.15, -0.1) is 11.3 Å². The fourth-order valence-corrected chi connectivity index (χ4v) is 5.95. The number of nitrogens with one attached hydrogen (secondary N) is 2. The number of sulfonamides is 1. The summed E-state index contributed by atoms with van der Waals surface area (Å²) in [5.41, 5.74) is 4.06. The Labute approximate surface area is 171 Å². The Hall–Kier alpha value is -1.94. The molecule has 5 nitrogen and oxygen atoms in total. The first-order chi connectivity index (χ1) is 12.9. The summed E-state index contributed by atoms with van der Waals surface area (Å²) in [5, 5.41) is 9.12. The topological polar surface area (TPSA) is 67.4 Å². The highest BCUT2D eigenvalue weighted by atomic mass is 32.2. The second kappa shape index (κ2) is 7.23. The van der Waals surface area contributed by atoms with Crippen LogP contribution >= 0.6 is 34.9 Å². The minimum absolute atomic E-state index is 0.0972. The Kier molecular flexibility index (Phi) is 4.94. The van der Waals surface area contributed by atoms with Gasteiger partial charge in [0.2, 0.25) is 0 Å². The van der Waals surface area contributed by atoms with Crippen molar-refractivity contribution in [1.82, 2.24) is 0 Å². The first-order valence-corrected chi connectivity index (χ1v) is 11.9. The molecule has 3 heterocycles. The minimum atomic E-state index is -3.65. The Balaban J connectivity index is 1.83. The molecule has 0 fully saturated rings. The Bertz CT molecular complexity index is 1070. The van der Waals surface area contributed by atoms with Crippen LogP contribution in [0.5, 0.6) is 0 Å². The average molecular weight is 437 g/mol. The largest absolute Gasteiger partial charge is 0.467 e. The van der Waals surface area contributed by atoms with Gasteiger partial charge in [-0.2, -0.15) is 11.3 Å². The smallest absolute Gasteiger partial charge is 0.271 e. The molecular formula is C18H16N2O3S4. The van der Waals surface area contributed by atoms with Gasteiger partial charge in [0, 0.05) is 17.7 Å². The van der Waals surface area contributed by atoms with Crippen LogP contribution in [0.25, 0.3) is 11.1 Å². The van der Waals surface area contributed by atoms with E-state index in [1.165, 1.54) is 11.3 Å². The molecule has 4 rings (SSSR count). The molecule has 1 aromatic carbocycles. The standard InChI is InChI=1S/C18H16N2O3S4/c1-11-7-13-8-16(20-27(21,22)17-3-2-5-26-17)14(12-4-6-25-10-12)9-15(13)19-18(24)23-11/h2-6,8-11,20H,7H2,1H3,(H,19,24). The molecule has 1 unspecified atom stereocenters. The second-order valence-corrected chi connectivity index (χ2v) is 10.2. The molecule has 1 aliphatic rings. The van der Waals surface area contributed by atoms with Crippen LogP contribution in [0, 0.1) is 0 Å². The summed E-state index contributed by atoms with van der Waals surface area (Å²) in [6, 6.07) is 9.08. The van der Waals surface area contributed by atoms with E-state index in [1.54, 1.807) is 28.8 Å². The van der Waals surface area contributed by atoms with Gasteiger partial charge in [-0.1, -0.05) is 6.07 Å². The number of thiocarbonyl (C=S) groups is 1. The maximum Gasteiger partial charge on any atom is 0.271 e. The van der Waals surface area contributed by atoms with Crippen molar-refractivity contribution in [1.29, 1.82) is 0 Å². The van der Waals surface area contributed by atoms with Gasteiger partial charge in [0.15, 0.2) is 0 Å². The monoisotopic (exact) mass is 436 g/mol. The third-order valence-corrected chi connectivity index (χ3v) is 7.78. The number of ether oxygens (including phenoxy) is 1. The lowest BCUT2D eigenvalue weighted by atomic mass is 9.99. The van der Waals surface area contributed by atoms with Crippen LogP contribution in [0.15, 0.2) is 50.7 Å². The number of rotatable bonds is 4. The number of benzene rings is 1. The van der Waals surface area contributed by atoms with Crippen molar-refractivity contribution in [3.8, 4) is 11.1 Å². The Morgan fingerprint density at radius 2 is 2.15 bits per heavy atom. The summed E-state index contributed by atoms with van der Waals surface area (Å²) < 4.78 is 34.2. The lowest BCUT2D eigenvalue weighted by Crippen LogP contribution is -2.16. The Morgan fingerprint density at radius 1 is 1.30 bits per heavy atom. The van der Waals surface area contributed by atoms with E-state index < -0.39 is 10.0 Å². The summed E-state index contributed by atoms with van der Waals surface area (Å²) in [4.78, 5) is 0. The highest BCUT2D eigenvalue weighted by Gasteiger charge is 2.23. The molecule has 0 saturated heterocycles. The summed E-state index contributed by atoms with van der Waals surface area (Å²) in [6.45, 7) is 1.94. The molecule has 0 aliphatic carbocycles. The van der Waals surface area contributed by atoms with E-state index in [-0.39, 0.29) is 10.3 Å². The highest BCUT2D eigenvalue weighted by molar-refractivity contribution is 7.94. The molecule has 1 atom stereocenters. The van der Waals surface area contributed by atoms with Gasteiger partial charge in [0.05, 0.1) is 5.69 Å². The number of anilines is 2. The van der Waals surface area contributed by atoms with Crippen molar-refractivity contribution in [3.05, 3.63) is 52.0 Å². The van der Waals surface area contributed by atoms with Crippen LogP contribution in [0.1, 0.15) is 12.5 Å². The summed E-state index contributed by atoms with van der Waals surface area (Å²) >= 11 is 7.96. The maximum atomic E-state index is 12.8. The Morgan fingerprint density at radius 3 is 2.85 bits per heavy atom. The fourth-order valence-electron chi connectivity index (χ4n) is 2.96. The predicted octanol–water partition coefficient (Wildman–Crippen LogP) is 4.94. The molecular weight excluding hydrogens is 420 g/mol. The van der Waals surface area contributed by atoms with Crippen LogP contribution < -0.4 is 10.0 Å². The van der Waals surface area contributed by atoms with E-state index in [0.717, 1.165) is 22.4 Å².